The normalized spacial score (nSPS) is 14.5. The fourth-order valence-electron chi connectivity index (χ4n) is 1.73. The van der Waals surface area contributed by atoms with E-state index in [1.807, 2.05) is 30.3 Å². The van der Waals surface area contributed by atoms with Gasteiger partial charge in [-0.2, -0.15) is 0 Å². The molecule has 0 aromatic heterocycles. The Hall–Kier alpha value is -0.900. The second kappa shape index (κ2) is 8.23. The maximum Gasteiger partial charge on any atom is 0.103 e. The Bertz CT molecular complexity index is 287. The summed E-state index contributed by atoms with van der Waals surface area (Å²) in [6.07, 6.45) is 1.17. The lowest BCUT2D eigenvalue weighted by Crippen LogP contribution is -2.32. The van der Waals surface area contributed by atoms with E-state index in [-0.39, 0.29) is 6.10 Å². The molecular formula is C14H22O3. The summed E-state index contributed by atoms with van der Waals surface area (Å²) in [4.78, 5) is 0. The maximum atomic E-state index is 9.87. The van der Waals surface area contributed by atoms with Gasteiger partial charge >= 0.3 is 0 Å². The second-order valence-corrected chi connectivity index (χ2v) is 4.13. The molecule has 96 valence electrons. The summed E-state index contributed by atoms with van der Waals surface area (Å²) in [5, 5.41) is 9.87. The summed E-state index contributed by atoms with van der Waals surface area (Å²) < 4.78 is 10.7. The van der Waals surface area contributed by atoms with Crippen LogP contribution in [0.1, 0.15) is 25.3 Å². The molecule has 0 saturated carbocycles. The van der Waals surface area contributed by atoms with E-state index in [1.54, 1.807) is 7.11 Å². The van der Waals surface area contributed by atoms with Crippen LogP contribution in [0.4, 0.5) is 0 Å². The molecule has 1 N–H and O–H groups in total. The summed E-state index contributed by atoms with van der Waals surface area (Å²) in [5.74, 6) is 0. The van der Waals surface area contributed by atoms with Crippen molar-refractivity contribution in [3.05, 3.63) is 35.9 Å². The average Bonchev–Trinajstić information content (AvgIpc) is 2.37. The third-order valence-corrected chi connectivity index (χ3v) is 2.71. The van der Waals surface area contributed by atoms with Gasteiger partial charge in [-0.15, -0.1) is 0 Å². The van der Waals surface area contributed by atoms with Gasteiger partial charge in [0.25, 0.3) is 0 Å². The number of aliphatic hydroxyl groups is 1. The minimum Gasteiger partial charge on any atom is -0.388 e. The number of rotatable bonds is 8. The highest BCUT2D eigenvalue weighted by Crippen LogP contribution is 2.08. The van der Waals surface area contributed by atoms with Crippen molar-refractivity contribution in [2.24, 2.45) is 0 Å². The highest BCUT2D eigenvalue weighted by molar-refractivity contribution is 5.13. The summed E-state index contributed by atoms with van der Waals surface area (Å²) in [5.41, 5.74) is 1.11. The van der Waals surface area contributed by atoms with Crippen LogP contribution >= 0.6 is 0 Å². The van der Waals surface area contributed by atoms with Crippen molar-refractivity contribution in [3.8, 4) is 0 Å². The van der Waals surface area contributed by atoms with Gasteiger partial charge in [-0.05, 0) is 12.0 Å². The van der Waals surface area contributed by atoms with E-state index in [0.717, 1.165) is 18.4 Å². The van der Waals surface area contributed by atoms with E-state index in [9.17, 15) is 5.11 Å². The number of ether oxygens (including phenoxy) is 2. The molecule has 2 atom stereocenters. The van der Waals surface area contributed by atoms with E-state index in [2.05, 4.69) is 6.92 Å². The predicted octanol–water partition coefficient (Wildman–Crippen LogP) is 2.38. The van der Waals surface area contributed by atoms with Crippen LogP contribution in [0.15, 0.2) is 30.3 Å². The Morgan fingerprint density at radius 2 is 1.94 bits per heavy atom. The lowest BCUT2D eigenvalue weighted by molar-refractivity contribution is -0.0620. The number of aliphatic hydroxyl groups excluding tert-OH is 1. The topological polar surface area (TPSA) is 38.7 Å². The minimum absolute atomic E-state index is 0.129. The van der Waals surface area contributed by atoms with Gasteiger partial charge in [0, 0.05) is 7.11 Å². The van der Waals surface area contributed by atoms with Gasteiger partial charge in [0.15, 0.2) is 0 Å². The summed E-state index contributed by atoms with van der Waals surface area (Å²) in [6, 6.07) is 9.94. The number of hydrogen-bond donors (Lipinski definition) is 1. The van der Waals surface area contributed by atoms with E-state index in [0.29, 0.717) is 13.2 Å². The molecule has 0 fully saturated rings. The monoisotopic (exact) mass is 238 g/mol. The molecule has 0 unspecified atom stereocenters. The maximum absolute atomic E-state index is 9.87. The molecule has 3 nitrogen and oxygen atoms in total. The van der Waals surface area contributed by atoms with Gasteiger partial charge in [0.2, 0.25) is 0 Å². The second-order valence-electron chi connectivity index (χ2n) is 4.13. The van der Waals surface area contributed by atoms with E-state index >= 15 is 0 Å². The predicted molar refractivity (Wildman–Crippen MR) is 67.8 cm³/mol. The Labute approximate surface area is 103 Å². The smallest absolute Gasteiger partial charge is 0.103 e. The lowest BCUT2D eigenvalue weighted by atomic mass is 10.1. The molecule has 0 heterocycles. The van der Waals surface area contributed by atoms with Gasteiger partial charge in [-0.3, -0.25) is 0 Å². The molecule has 0 bridgehead atoms. The van der Waals surface area contributed by atoms with Crippen molar-refractivity contribution in [3.63, 3.8) is 0 Å². The van der Waals surface area contributed by atoms with Crippen LogP contribution in [-0.2, 0) is 16.1 Å². The fraction of sp³-hybridized carbons (Fsp3) is 0.571. The first kappa shape index (κ1) is 14.2. The van der Waals surface area contributed by atoms with Crippen molar-refractivity contribution >= 4 is 0 Å². The molecule has 3 heteroatoms. The largest absolute Gasteiger partial charge is 0.388 e. The van der Waals surface area contributed by atoms with Crippen molar-refractivity contribution in [1.29, 1.82) is 0 Å². The van der Waals surface area contributed by atoms with Crippen molar-refractivity contribution in [2.75, 3.05) is 13.7 Å². The zero-order chi connectivity index (χ0) is 12.5. The molecule has 0 saturated heterocycles. The molecule has 1 rings (SSSR count). The molecule has 17 heavy (non-hydrogen) atoms. The Balaban J connectivity index is 2.25. The van der Waals surface area contributed by atoms with Crippen LogP contribution in [0.25, 0.3) is 0 Å². The summed E-state index contributed by atoms with van der Waals surface area (Å²) in [6.45, 7) is 2.91. The quantitative estimate of drug-likeness (QED) is 0.755. The lowest BCUT2D eigenvalue weighted by Gasteiger charge is -2.20. The standard InChI is InChI=1S/C14H22O3/c1-3-7-14(16-2)13(15)11-17-10-12-8-5-4-6-9-12/h4-6,8-9,13-15H,3,7,10-11H2,1-2H3/t13-,14-/m0/s1. The van der Waals surface area contributed by atoms with Crippen LogP contribution in [-0.4, -0.2) is 31.0 Å². The zero-order valence-electron chi connectivity index (χ0n) is 10.6. The molecule has 0 aliphatic rings. The van der Waals surface area contributed by atoms with Gasteiger partial charge in [-0.1, -0.05) is 43.7 Å². The average molecular weight is 238 g/mol. The van der Waals surface area contributed by atoms with Gasteiger partial charge < -0.3 is 14.6 Å². The number of hydrogen-bond acceptors (Lipinski definition) is 3. The highest BCUT2D eigenvalue weighted by atomic mass is 16.5. The minimum atomic E-state index is -0.552. The van der Waals surface area contributed by atoms with Gasteiger partial charge in [0.1, 0.15) is 6.10 Å². The van der Waals surface area contributed by atoms with Gasteiger partial charge in [0.05, 0.1) is 19.3 Å². The van der Waals surface area contributed by atoms with Crippen LogP contribution in [0.3, 0.4) is 0 Å². The highest BCUT2D eigenvalue weighted by Gasteiger charge is 2.17. The molecule has 0 aliphatic heterocycles. The Kier molecular flexibility index (Phi) is 6.86. The van der Waals surface area contributed by atoms with Gasteiger partial charge in [-0.25, -0.2) is 0 Å². The van der Waals surface area contributed by atoms with Crippen LogP contribution in [0.5, 0.6) is 0 Å². The first-order chi connectivity index (χ1) is 8.27. The number of methoxy groups -OCH3 is 1. The molecule has 0 radical (unpaired) electrons. The molecular weight excluding hydrogens is 216 g/mol. The van der Waals surface area contributed by atoms with Crippen LogP contribution in [0.2, 0.25) is 0 Å². The number of benzene rings is 1. The van der Waals surface area contributed by atoms with E-state index in [1.165, 1.54) is 0 Å². The van der Waals surface area contributed by atoms with Crippen molar-refractivity contribution < 1.29 is 14.6 Å². The fourth-order valence-corrected chi connectivity index (χ4v) is 1.73. The Morgan fingerprint density at radius 1 is 1.24 bits per heavy atom. The summed E-state index contributed by atoms with van der Waals surface area (Å²) >= 11 is 0. The Morgan fingerprint density at radius 3 is 2.53 bits per heavy atom. The molecule has 1 aromatic carbocycles. The summed E-state index contributed by atoms with van der Waals surface area (Å²) in [7, 11) is 1.63. The molecule has 0 spiro atoms. The first-order valence-corrected chi connectivity index (χ1v) is 6.10. The zero-order valence-corrected chi connectivity index (χ0v) is 10.6. The first-order valence-electron chi connectivity index (χ1n) is 6.10. The van der Waals surface area contributed by atoms with Crippen LogP contribution in [0, 0.1) is 0 Å². The SMILES string of the molecule is CCC[C@H](OC)[C@@H](O)COCc1ccccc1. The van der Waals surface area contributed by atoms with E-state index < -0.39 is 6.10 Å². The third kappa shape index (κ3) is 5.31. The van der Waals surface area contributed by atoms with Crippen molar-refractivity contribution in [1.82, 2.24) is 0 Å². The van der Waals surface area contributed by atoms with Crippen LogP contribution < -0.4 is 0 Å². The molecule has 1 aromatic rings. The molecule has 0 amide bonds. The third-order valence-electron chi connectivity index (χ3n) is 2.71. The molecule has 0 aliphatic carbocycles. The van der Waals surface area contributed by atoms with E-state index in [4.69, 9.17) is 9.47 Å². The van der Waals surface area contributed by atoms with Crippen molar-refractivity contribution in [2.45, 2.75) is 38.6 Å².